The molecule has 0 bridgehead atoms. The molecule has 0 saturated carbocycles. The van der Waals surface area contributed by atoms with Crippen LogP contribution in [0.3, 0.4) is 0 Å². The third kappa shape index (κ3) is 6.29. The second-order valence-corrected chi connectivity index (χ2v) is 4.72. The van der Waals surface area contributed by atoms with Crippen molar-refractivity contribution >= 4 is 11.9 Å². The van der Waals surface area contributed by atoms with Crippen molar-refractivity contribution in [2.45, 2.75) is 26.2 Å². The highest BCUT2D eigenvalue weighted by molar-refractivity contribution is 5.77. The van der Waals surface area contributed by atoms with E-state index in [2.05, 4.69) is 0 Å². The van der Waals surface area contributed by atoms with E-state index in [-0.39, 0.29) is 18.3 Å². The summed E-state index contributed by atoms with van der Waals surface area (Å²) in [6, 6.07) is 7.66. The fourth-order valence-electron chi connectivity index (χ4n) is 1.85. The Morgan fingerprint density at radius 3 is 2.38 bits per heavy atom. The fraction of sp³-hybridized carbons (Fsp3) is 0.500. The van der Waals surface area contributed by atoms with Crippen LogP contribution in [-0.2, 0) is 20.7 Å². The second-order valence-electron chi connectivity index (χ2n) is 4.72. The smallest absolute Gasteiger partial charge is 0.307 e. The molecule has 0 fully saturated rings. The van der Waals surface area contributed by atoms with E-state index < -0.39 is 0 Å². The van der Waals surface area contributed by atoms with E-state index in [4.69, 9.17) is 9.47 Å². The molecule has 1 aromatic carbocycles. The molecule has 1 rings (SSSR count). The van der Waals surface area contributed by atoms with E-state index in [1.807, 2.05) is 24.3 Å². The molecule has 0 saturated heterocycles. The predicted octanol–water partition coefficient (Wildman–Crippen LogP) is 2.04. The number of aryl methyl sites for hydroxylation is 1. The van der Waals surface area contributed by atoms with Crippen LogP contribution >= 0.6 is 0 Å². The van der Waals surface area contributed by atoms with Gasteiger partial charge in [-0.15, -0.1) is 0 Å². The van der Waals surface area contributed by atoms with Crippen molar-refractivity contribution < 1.29 is 19.1 Å². The first-order valence-corrected chi connectivity index (χ1v) is 7.09. The number of benzene rings is 1. The summed E-state index contributed by atoms with van der Waals surface area (Å²) in [6.07, 6.45) is 1.33. The van der Waals surface area contributed by atoms with Crippen LogP contribution in [0.25, 0.3) is 0 Å². The maximum atomic E-state index is 12.0. The lowest BCUT2D eigenvalue weighted by Gasteiger charge is -2.16. The monoisotopic (exact) mass is 293 g/mol. The van der Waals surface area contributed by atoms with Gasteiger partial charge in [0, 0.05) is 20.0 Å². The molecule has 1 amide bonds. The lowest BCUT2D eigenvalue weighted by atomic mass is 10.1. The highest BCUT2D eigenvalue weighted by Crippen LogP contribution is 2.13. The van der Waals surface area contributed by atoms with Gasteiger partial charge in [0.1, 0.15) is 5.75 Å². The summed E-state index contributed by atoms with van der Waals surface area (Å²) in [7, 11) is 3.33. The Morgan fingerprint density at radius 1 is 1.14 bits per heavy atom. The minimum atomic E-state index is -0.271. The molecule has 5 nitrogen and oxygen atoms in total. The Labute approximate surface area is 125 Å². The van der Waals surface area contributed by atoms with Crippen LogP contribution in [-0.4, -0.2) is 44.1 Å². The number of nitrogens with zero attached hydrogens (tertiary/aromatic N) is 1. The number of rotatable bonds is 8. The summed E-state index contributed by atoms with van der Waals surface area (Å²) in [4.78, 5) is 24.8. The van der Waals surface area contributed by atoms with Gasteiger partial charge in [0.2, 0.25) is 5.91 Å². The van der Waals surface area contributed by atoms with Crippen LogP contribution in [0.2, 0.25) is 0 Å². The number of hydrogen-bond donors (Lipinski definition) is 0. The molecule has 0 N–H and O–H groups in total. The molecule has 5 heteroatoms. The average molecular weight is 293 g/mol. The molecule has 0 heterocycles. The van der Waals surface area contributed by atoms with Crippen molar-refractivity contribution in [2.24, 2.45) is 0 Å². The summed E-state index contributed by atoms with van der Waals surface area (Å²) in [5, 5.41) is 0. The van der Waals surface area contributed by atoms with E-state index in [1.165, 1.54) is 0 Å². The van der Waals surface area contributed by atoms with Gasteiger partial charge in [-0.1, -0.05) is 12.1 Å². The van der Waals surface area contributed by atoms with Crippen molar-refractivity contribution in [3.8, 4) is 5.75 Å². The van der Waals surface area contributed by atoms with E-state index in [9.17, 15) is 9.59 Å². The zero-order valence-corrected chi connectivity index (χ0v) is 12.9. The summed E-state index contributed by atoms with van der Waals surface area (Å²) in [5.74, 6) is 0.555. The molecule has 0 spiro atoms. The minimum Gasteiger partial charge on any atom is -0.497 e. The lowest BCUT2D eigenvalue weighted by molar-refractivity contribution is -0.143. The largest absolute Gasteiger partial charge is 0.497 e. The number of methoxy groups -OCH3 is 1. The SMILES string of the molecule is CCOC(=O)CCN(C)C(=O)CCc1ccc(OC)cc1. The Balaban J connectivity index is 2.33. The molecule has 0 unspecified atom stereocenters. The van der Waals surface area contributed by atoms with E-state index >= 15 is 0 Å². The lowest BCUT2D eigenvalue weighted by Crippen LogP contribution is -2.29. The molecular weight excluding hydrogens is 270 g/mol. The Kier molecular flexibility index (Phi) is 7.29. The number of esters is 1. The Hall–Kier alpha value is -2.04. The summed E-state index contributed by atoms with van der Waals surface area (Å²) in [5.41, 5.74) is 1.09. The second kappa shape index (κ2) is 9.00. The highest BCUT2D eigenvalue weighted by atomic mass is 16.5. The molecular formula is C16H23NO4. The third-order valence-electron chi connectivity index (χ3n) is 3.17. The average Bonchev–Trinajstić information content (AvgIpc) is 2.51. The molecule has 0 atom stereocenters. The van der Waals surface area contributed by atoms with Gasteiger partial charge in [-0.2, -0.15) is 0 Å². The van der Waals surface area contributed by atoms with Crippen LogP contribution in [0.4, 0.5) is 0 Å². The van der Waals surface area contributed by atoms with Crippen molar-refractivity contribution in [3.05, 3.63) is 29.8 Å². The number of amides is 1. The minimum absolute atomic E-state index is 0.0233. The van der Waals surface area contributed by atoms with Gasteiger partial charge < -0.3 is 14.4 Å². The molecule has 116 valence electrons. The van der Waals surface area contributed by atoms with E-state index in [0.717, 1.165) is 11.3 Å². The number of carbonyl (C=O) groups excluding carboxylic acids is 2. The van der Waals surface area contributed by atoms with Crippen molar-refractivity contribution in [1.82, 2.24) is 4.90 Å². The van der Waals surface area contributed by atoms with Gasteiger partial charge in [0.05, 0.1) is 20.1 Å². The quantitative estimate of drug-likeness (QED) is 0.688. The Morgan fingerprint density at radius 2 is 1.81 bits per heavy atom. The number of ether oxygens (including phenoxy) is 2. The van der Waals surface area contributed by atoms with Crippen LogP contribution in [0.15, 0.2) is 24.3 Å². The molecule has 0 radical (unpaired) electrons. The first-order valence-electron chi connectivity index (χ1n) is 7.09. The standard InChI is InChI=1S/C16H23NO4/c1-4-21-16(19)11-12-17(2)15(18)10-7-13-5-8-14(20-3)9-6-13/h5-6,8-9H,4,7,10-12H2,1-3H3. The highest BCUT2D eigenvalue weighted by Gasteiger charge is 2.11. The maximum absolute atomic E-state index is 12.0. The molecule has 0 aromatic heterocycles. The molecule has 0 aliphatic heterocycles. The van der Waals surface area contributed by atoms with Crippen LogP contribution in [0, 0.1) is 0 Å². The molecule has 1 aromatic rings. The van der Waals surface area contributed by atoms with Gasteiger partial charge in [-0.25, -0.2) is 0 Å². The zero-order chi connectivity index (χ0) is 15.7. The van der Waals surface area contributed by atoms with Crippen molar-refractivity contribution in [1.29, 1.82) is 0 Å². The topological polar surface area (TPSA) is 55.8 Å². The van der Waals surface area contributed by atoms with Crippen LogP contribution in [0.1, 0.15) is 25.3 Å². The maximum Gasteiger partial charge on any atom is 0.307 e. The first kappa shape index (κ1) is 17.0. The summed E-state index contributed by atoms with van der Waals surface area (Å²) < 4.78 is 9.92. The third-order valence-corrected chi connectivity index (χ3v) is 3.17. The van der Waals surface area contributed by atoms with Crippen LogP contribution < -0.4 is 4.74 Å². The van der Waals surface area contributed by atoms with E-state index in [0.29, 0.717) is 26.0 Å². The summed E-state index contributed by atoms with van der Waals surface area (Å²) in [6.45, 7) is 2.52. The van der Waals surface area contributed by atoms with Crippen molar-refractivity contribution in [2.75, 3.05) is 27.3 Å². The summed E-state index contributed by atoms with van der Waals surface area (Å²) >= 11 is 0. The Bertz CT molecular complexity index is 456. The number of carbonyl (C=O) groups is 2. The predicted molar refractivity (Wildman–Crippen MR) is 80.2 cm³/mol. The normalized spacial score (nSPS) is 10.0. The van der Waals surface area contributed by atoms with Gasteiger partial charge in [0.25, 0.3) is 0 Å². The molecule has 0 aliphatic carbocycles. The zero-order valence-electron chi connectivity index (χ0n) is 12.9. The van der Waals surface area contributed by atoms with E-state index in [1.54, 1.807) is 26.0 Å². The molecule has 21 heavy (non-hydrogen) atoms. The fourth-order valence-corrected chi connectivity index (χ4v) is 1.85. The van der Waals surface area contributed by atoms with Gasteiger partial charge in [-0.05, 0) is 31.0 Å². The van der Waals surface area contributed by atoms with Gasteiger partial charge >= 0.3 is 5.97 Å². The van der Waals surface area contributed by atoms with Gasteiger partial charge in [0.15, 0.2) is 0 Å². The van der Waals surface area contributed by atoms with Gasteiger partial charge in [-0.3, -0.25) is 9.59 Å². The van der Waals surface area contributed by atoms with Crippen molar-refractivity contribution in [3.63, 3.8) is 0 Å². The molecule has 0 aliphatic rings. The number of hydrogen-bond acceptors (Lipinski definition) is 4. The van der Waals surface area contributed by atoms with Crippen LogP contribution in [0.5, 0.6) is 5.75 Å². The first-order chi connectivity index (χ1) is 10.1.